The summed E-state index contributed by atoms with van der Waals surface area (Å²) in [5, 5.41) is 6.71. The van der Waals surface area contributed by atoms with Gasteiger partial charge in [-0.15, -0.1) is 0 Å². The van der Waals surface area contributed by atoms with E-state index in [2.05, 4.69) is 43.6 Å². The summed E-state index contributed by atoms with van der Waals surface area (Å²) >= 11 is 0. The molecule has 0 N–H and O–H groups in total. The second-order valence-corrected chi connectivity index (χ2v) is 12.4. The molecule has 0 saturated carbocycles. The Bertz CT molecular complexity index is 1890. The maximum Gasteiger partial charge on any atom is 0.247 e. The van der Waals surface area contributed by atoms with E-state index in [9.17, 15) is 14.0 Å². The monoisotopic (exact) mass is 630 g/mol. The smallest absolute Gasteiger partial charge is 0.247 e. The number of nitrogens with zero attached hydrogens (tertiary/aromatic N) is 8. The van der Waals surface area contributed by atoms with Crippen LogP contribution in [0, 0.1) is 29.5 Å². The number of carbonyl (C=O) groups excluding carboxylic acids is 2. The topological polar surface area (TPSA) is 98.7 Å². The van der Waals surface area contributed by atoms with Gasteiger partial charge in [-0.05, 0) is 58.0 Å². The third-order valence-electron chi connectivity index (χ3n) is 7.95. The van der Waals surface area contributed by atoms with E-state index in [1.165, 1.54) is 22.2 Å². The molecule has 4 heterocycles. The Morgan fingerprint density at radius 1 is 0.596 bits per heavy atom. The van der Waals surface area contributed by atoms with Crippen LogP contribution in [0.1, 0.15) is 62.8 Å². The summed E-state index contributed by atoms with van der Waals surface area (Å²) in [7, 11) is 3.71. The fourth-order valence-corrected chi connectivity index (χ4v) is 4.85. The highest BCUT2D eigenvalue weighted by atomic mass is 19.1. The lowest BCUT2D eigenvalue weighted by Crippen LogP contribution is -2.45. The van der Waals surface area contributed by atoms with Crippen LogP contribution in [0.3, 0.4) is 0 Å². The van der Waals surface area contributed by atoms with Gasteiger partial charge in [0.1, 0.15) is 5.82 Å². The lowest BCUT2D eigenvalue weighted by molar-refractivity contribution is -0.118. The van der Waals surface area contributed by atoms with E-state index in [4.69, 9.17) is 0 Å². The fourth-order valence-electron chi connectivity index (χ4n) is 4.85. The van der Waals surface area contributed by atoms with Gasteiger partial charge in [0, 0.05) is 73.9 Å². The van der Waals surface area contributed by atoms with Crippen LogP contribution in [0.2, 0.25) is 0 Å². The molecule has 2 fully saturated rings. The number of anilines is 2. The summed E-state index contributed by atoms with van der Waals surface area (Å²) in [4.78, 5) is 41.4. The molecule has 2 aliphatic heterocycles. The minimum absolute atomic E-state index is 0.000574. The first-order valence-corrected chi connectivity index (χ1v) is 15.0. The van der Waals surface area contributed by atoms with Gasteiger partial charge in [0.05, 0.1) is 11.1 Å². The molecule has 0 spiro atoms. The Morgan fingerprint density at radius 3 is 1.40 bits per heavy atom. The number of aromatic nitrogens is 4. The first-order valence-electron chi connectivity index (χ1n) is 15.0. The maximum absolute atomic E-state index is 13.1. The number of hydrogen-bond acceptors (Lipinski definition) is 8. The van der Waals surface area contributed by atoms with Gasteiger partial charge in [-0.3, -0.25) is 9.59 Å². The first kappa shape index (κ1) is 32.9. The Labute approximate surface area is 274 Å². The van der Waals surface area contributed by atoms with Crippen molar-refractivity contribution in [1.82, 2.24) is 30.0 Å². The summed E-state index contributed by atoms with van der Waals surface area (Å²) in [6, 6.07) is 15.8. The molecule has 2 saturated heterocycles. The van der Waals surface area contributed by atoms with Crippen molar-refractivity contribution in [3.05, 3.63) is 107 Å². The average molecular weight is 631 g/mol. The lowest BCUT2D eigenvalue weighted by Gasteiger charge is -2.31. The predicted octanol–water partition coefficient (Wildman–Crippen LogP) is 4.62. The van der Waals surface area contributed by atoms with Gasteiger partial charge in [-0.25, -0.2) is 44.4 Å². The normalized spacial score (nSPS) is 16.9. The molecule has 0 bridgehead atoms. The van der Waals surface area contributed by atoms with E-state index in [1.807, 2.05) is 82.1 Å². The highest BCUT2D eigenvalue weighted by molar-refractivity contribution is 5.94. The number of amides is 2. The Kier molecular flexibility index (Phi) is 9.43. The summed E-state index contributed by atoms with van der Waals surface area (Å²) in [5.74, 6) is 12.2. The van der Waals surface area contributed by atoms with Crippen LogP contribution in [0.5, 0.6) is 0 Å². The molecule has 0 unspecified atom stereocenters. The number of hydrazine groups is 2. The maximum atomic E-state index is 13.1. The zero-order valence-corrected chi connectivity index (χ0v) is 27.2. The van der Waals surface area contributed by atoms with Crippen molar-refractivity contribution in [2.75, 3.05) is 24.1 Å². The van der Waals surface area contributed by atoms with E-state index >= 15 is 0 Å². The van der Waals surface area contributed by atoms with Gasteiger partial charge in [-0.1, -0.05) is 47.9 Å². The van der Waals surface area contributed by atoms with E-state index < -0.39 is 0 Å². The minimum Gasteiger partial charge on any atom is -0.273 e. The van der Waals surface area contributed by atoms with Crippen LogP contribution in [-0.4, -0.2) is 66.9 Å². The average Bonchev–Trinajstić information content (AvgIpc) is 3.38. The van der Waals surface area contributed by atoms with Crippen molar-refractivity contribution in [2.24, 2.45) is 0 Å². The van der Waals surface area contributed by atoms with Crippen molar-refractivity contribution >= 4 is 23.7 Å². The second kappa shape index (κ2) is 13.5. The Morgan fingerprint density at radius 2 is 1.00 bits per heavy atom. The summed E-state index contributed by atoms with van der Waals surface area (Å²) in [6.45, 7) is 8.02. The minimum atomic E-state index is -0.327. The first-order chi connectivity index (χ1) is 22.3. The predicted molar refractivity (Wildman–Crippen MR) is 177 cm³/mol. The molecule has 0 radical (unpaired) electrons. The molecule has 0 atom stereocenters. The standard InChI is InChI=1S/C18H17FN4O.C18H18N4O/c1-18(2)10-16(24)23(22(18)3)17-20-11-14(12-21-17)8-7-13-5-4-6-15(19)9-13;1-18(2)11-16(23)22(21(18)3)17-19-12-15(13-20-17)10-9-14-7-5-4-6-8-14/h4-6,9,11-12H,10H2,1-3H3;4-8,12-13H,11H2,1-3H3. The Balaban J connectivity index is 0.000000185. The number of halogens is 1. The van der Waals surface area contributed by atoms with Gasteiger partial charge in [0.25, 0.3) is 0 Å². The van der Waals surface area contributed by atoms with E-state index in [0.29, 0.717) is 41.4 Å². The van der Waals surface area contributed by atoms with Crippen LogP contribution in [0.4, 0.5) is 16.3 Å². The van der Waals surface area contributed by atoms with Crippen molar-refractivity contribution in [2.45, 2.75) is 51.6 Å². The third-order valence-corrected chi connectivity index (χ3v) is 7.95. The molecule has 4 aromatic rings. The Hall–Kier alpha value is -5.49. The van der Waals surface area contributed by atoms with Gasteiger partial charge < -0.3 is 0 Å². The number of carbonyl (C=O) groups is 2. The molecular formula is C36H35FN8O2. The van der Waals surface area contributed by atoms with Crippen molar-refractivity contribution < 1.29 is 14.0 Å². The molecule has 11 heteroatoms. The highest BCUT2D eigenvalue weighted by Gasteiger charge is 2.44. The lowest BCUT2D eigenvalue weighted by atomic mass is 10.0. The van der Waals surface area contributed by atoms with Gasteiger partial charge >= 0.3 is 0 Å². The van der Waals surface area contributed by atoms with Crippen LogP contribution in [0.15, 0.2) is 79.4 Å². The quantitative estimate of drug-likeness (QED) is 0.296. The SMILES string of the molecule is CN1N(c2ncc(C#Cc3cccc(F)c3)cn2)C(=O)CC1(C)C.CN1N(c2ncc(C#Cc3ccccc3)cn2)C(=O)CC1(C)C. The van der Waals surface area contributed by atoms with Crippen molar-refractivity contribution in [1.29, 1.82) is 0 Å². The molecule has 6 rings (SSSR count). The van der Waals surface area contributed by atoms with E-state index in [-0.39, 0.29) is 28.7 Å². The van der Waals surface area contributed by atoms with Gasteiger partial charge in [0.2, 0.25) is 23.7 Å². The van der Waals surface area contributed by atoms with Crippen LogP contribution in [-0.2, 0) is 9.59 Å². The fraction of sp³-hybridized carbons (Fsp3) is 0.278. The number of rotatable bonds is 2. The molecule has 238 valence electrons. The molecule has 2 aromatic carbocycles. The molecule has 0 aliphatic carbocycles. The van der Waals surface area contributed by atoms with E-state index in [0.717, 1.165) is 5.56 Å². The zero-order chi connectivity index (χ0) is 33.8. The van der Waals surface area contributed by atoms with Crippen LogP contribution < -0.4 is 10.0 Å². The van der Waals surface area contributed by atoms with Crippen molar-refractivity contribution in [3.8, 4) is 23.7 Å². The summed E-state index contributed by atoms with van der Waals surface area (Å²) in [5.41, 5.74) is 2.33. The number of hydrogen-bond donors (Lipinski definition) is 0. The van der Waals surface area contributed by atoms with Gasteiger partial charge in [-0.2, -0.15) is 0 Å². The molecule has 2 amide bonds. The van der Waals surface area contributed by atoms with Crippen LogP contribution >= 0.6 is 0 Å². The molecule has 2 aromatic heterocycles. The largest absolute Gasteiger partial charge is 0.273 e. The summed E-state index contributed by atoms with van der Waals surface area (Å²) in [6.07, 6.45) is 7.26. The molecule has 10 nitrogen and oxygen atoms in total. The second-order valence-electron chi connectivity index (χ2n) is 12.4. The summed E-state index contributed by atoms with van der Waals surface area (Å²) < 4.78 is 13.1. The molecule has 47 heavy (non-hydrogen) atoms. The third kappa shape index (κ3) is 7.67. The van der Waals surface area contributed by atoms with E-state index in [1.54, 1.807) is 36.9 Å². The highest BCUT2D eigenvalue weighted by Crippen LogP contribution is 2.31. The van der Waals surface area contributed by atoms with Crippen molar-refractivity contribution in [3.63, 3.8) is 0 Å². The zero-order valence-electron chi connectivity index (χ0n) is 27.2. The van der Waals surface area contributed by atoms with Crippen LogP contribution in [0.25, 0.3) is 0 Å². The van der Waals surface area contributed by atoms with Gasteiger partial charge in [0.15, 0.2) is 0 Å². The molecular weight excluding hydrogens is 595 g/mol. The number of benzene rings is 2. The molecule has 2 aliphatic rings.